The standard InChI is InChI=1S/C10H13ClFNOS/c11-9-7-8(3-4-10(9)12)15(14)6-2-1-5-13/h3-4,7H,1-2,5-6,13H2. The van der Waals surface area contributed by atoms with E-state index in [0.717, 1.165) is 12.8 Å². The van der Waals surface area contributed by atoms with Gasteiger partial charge in [-0.3, -0.25) is 4.21 Å². The first-order valence-electron chi connectivity index (χ1n) is 4.68. The van der Waals surface area contributed by atoms with Gasteiger partial charge in [0.05, 0.1) is 15.8 Å². The number of unbranched alkanes of at least 4 members (excludes halogenated alkanes) is 1. The Labute approximate surface area is 96.1 Å². The minimum atomic E-state index is -1.11. The Morgan fingerprint density at radius 1 is 1.40 bits per heavy atom. The normalized spacial score (nSPS) is 12.7. The number of benzene rings is 1. The molecule has 0 fully saturated rings. The molecule has 0 bridgehead atoms. The molecule has 1 atom stereocenters. The van der Waals surface area contributed by atoms with Crippen molar-refractivity contribution in [1.82, 2.24) is 0 Å². The van der Waals surface area contributed by atoms with Crippen molar-refractivity contribution in [3.05, 3.63) is 29.0 Å². The number of rotatable bonds is 5. The fourth-order valence-electron chi connectivity index (χ4n) is 1.11. The maximum atomic E-state index is 12.8. The van der Waals surface area contributed by atoms with Crippen LogP contribution >= 0.6 is 11.6 Å². The molecule has 0 aromatic heterocycles. The number of nitrogens with two attached hydrogens (primary N) is 1. The maximum absolute atomic E-state index is 12.8. The first-order chi connectivity index (χ1) is 7.15. The molecule has 0 aliphatic heterocycles. The monoisotopic (exact) mass is 249 g/mol. The van der Waals surface area contributed by atoms with Crippen LogP contribution in [-0.4, -0.2) is 16.5 Å². The zero-order chi connectivity index (χ0) is 11.3. The molecule has 0 aliphatic rings. The molecular formula is C10H13ClFNOS. The average molecular weight is 250 g/mol. The van der Waals surface area contributed by atoms with Gasteiger partial charge in [0.25, 0.3) is 0 Å². The summed E-state index contributed by atoms with van der Waals surface area (Å²) >= 11 is 5.59. The van der Waals surface area contributed by atoms with Crippen molar-refractivity contribution in [3.8, 4) is 0 Å². The summed E-state index contributed by atoms with van der Waals surface area (Å²) < 4.78 is 24.5. The fourth-order valence-corrected chi connectivity index (χ4v) is 2.53. The molecule has 0 spiro atoms. The Morgan fingerprint density at radius 3 is 2.73 bits per heavy atom. The topological polar surface area (TPSA) is 43.1 Å². The molecule has 1 unspecified atom stereocenters. The maximum Gasteiger partial charge on any atom is 0.141 e. The molecule has 1 aromatic carbocycles. The first kappa shape index (κ1) is 12.6. The lowest BCUT2D eigenvalue weighted by molar-refractivity contribution is 0.626. The van der Waals surface area contributed by atoms with Crippen LogP contribution in [-0.2, 0) is 10.8 Å². The molecule has 84 valence electrons. The number of halogens is 2. The molecule has 5 heteroatoms. The van der Waals surface area contributed by atoms with E-state index in [-0.39, 0.29) is 5.02 Å². The summed E-state index contributed by atoms with van der Waals surface area (Å²) in [7, 11) is -1.11. The van der Waals surface area contributed by atoms with Crippen molar-refractivity contribution < 1.29 is 8.60 Å². The van der Waals surface area contributed by atoms with Gasteiger partial charge in [0.2, 0.25) is 0 Å². The molecule has 1 aromatic rings. The third-order valence-electron chi connectivity index (χ3n) is 1.94. The Hall–Kier alpha value is -0.450. The first-order valence-corrected chi connectivity index (χ1v) is 6.38. The van der Waals surface area contributed by atoms with E-state index in [4.69, 9.17) is 17.3 Å². The predicted molar refractivity (Wildman–Crippen MR) is 61.0 cm³/mol. The second kappa shape index (κ2) is 6.20. The number of hydrogen-bond acceptors (Lipinski definition) is 2. The largest absolute Gasteiger partial charge is 0.330 e. The van der Waals surface area contributed by atoms with Crippen LogP contribution in [0.15, 0.2) is 23.1 Å². The van der Waals surface area contributed by atoms with Gasteiger partial charge in [-0.25, -0.2) is 4.39 Å². The van der Waals surface area contributed by atoms with Crippen LogP contribution in [0.2, 0.25) is 5.02 Å². The third-order valence-corrected chi connectivity index (χ3v) is 3.67. The summed E-state index contributed by atoms with van der Waals surface area (Å²) in [6.45, 7) is 0.599. The van der Waals surface area contributed by atoms with Crippen molar-refractivity contribution in [2.24, 2.45) is 5.73 Å². The van der Waals surface area contributed by atoms with E-state index >= 15 is 0 Å². The van der Waals surface area contributed by atoms with Crippen LogP contribution in [0, 0.1) is 5.82 Å². The van der Waals surface area contributed by atoms with Gasteiger partial charge in [-0.2, -0.15) is 0 Å². The van der Waals surface area contributed by atoms with Gasteiger partial charge in [-0.15, -0.1) is 0 Å². The highest BCUT2D eigenvalue weighted by Gasteiger charge is 2.06. The SMILES string of the molecule is NCCCCS(=O)c1ccc(F)c(Cl)c1. The minimum absolute atomic E-state index is 0.0136. The van der Waals surface area contributed by atoms with E-state index in [0.29, 0.717) is 17.2 Å². The minimum Gasteiger partial charge on any atom is -0.330 e. The van der Waals surface area contributed by atoms with E-state index in [1.807, 2.05) is 0 Å². The summed E-state index contributed by atoms with van der Waals surface area (Å²) in [5.74, 6) is 0.0541. The Balaban J connectivity index is 2.62. The fraction of sp³-hybridized carbons (Fsp3) is 0.400. The van der Waals surface area contributed by atoms with Crippen LogP contribution < -0.4 is 5.73 Å². The van der Waals surface area contributed by atoms with E-state index in [9.17, 15) is 8.60 Å². The molecule has 0 saturated heterocycles. The molecule has 2 N–H and O–H groups in total. The Morgan fingerprint density at radius 2 is 2.13 bits per heavy atom. The van der Waals surface area contributed by atoms with Gasteiger partial charge < -0.3 is 5.73 Å². The van der Waals surface area contributed by atoms with Crippen molar-refractivity contribution in [3.63, 3.8) is 0 Å². The molecule has 0 amide bonds. The molecule has 2 nitrogen and oxygen atoms in total. The molecule has 0 saturated carbocycles. The lowest BCUT2D eigenvalue weighted by atomic mass is 10.3. The number of hydrogen-bond donors (Lipinski definition) is 1. The van der Waals surface area contributed by atoms with Crippen LogP contribution in [0.4, 0.5) is 4.39 Å². The summed E-state index contributed by atoms with van der Waals surface area (Å²) in [6.07, 6.45) is 1.65. The summed E-state index contributed by atoms with van der Waals surface area (Å²) in [5, 5.41) is 0.0136. The summed E-state index contributed by atoms with van der Waals surface area (Å²) in [6, 6.07) is 4.15. The van der Waals surface area contributed by atoms with Gasteiger partial charge in [0.15, 0.2) is 0 Å². The van der Waals surface area contributed by atoms with Crippen LogP contribution in [0.25, 0.3) is 0 Å². The molecule has 0 heterocycles. The van der Waals surface area contributed by atoms with E-state index in [1.54, 1.807) is 0 Å². The van der Waals surface area contributed by atoms with Crippen LogP contribution in [0.1, 0.15) is 12.8 Å². The Bertz CT molecular complexity index is 359. The predicted octanol–water partition coefficient (Wildman–Crippen LogP) is 2.33. The van der Waals surface area contributed by atoms with Crippen LogP contribution in [0.3, 0.4) is 0 Å². The quantitative estimate of drug-likeness (QED) is 0.814. The molecular weight excluding hydrogens is 237 g/mol. The smallest absolute Gasteiger partial charge is 0.141 e. The summed E-state index contributed by atoms with van der Waals surface area (Å²) in [4.78, 5) is 0.568. The van der Waals surface area contributed by atoms with E-state index < -0.39 is 16.6 Å². The van der Waals surface area contributed by atoms with Gasteiger partial charge in [0, 0.05) is 10.6 Å². The molecule has 1 rings (SSSR count). The van der Waals surface area contributed by atoms with Crippen molar-refractivity contribution >= 4 is 22.4 Å². The van der Waals surface area contributed by atoms with Crippen LogP contribution in [0.5, 0.6) is 0 Å². The Kier molecular flexibility index (Phi) is 5.22. The van der Waals surface area contributed by atoms with E-state index in [1.165, 1.54) is 18.2 Å². The van der Waals surface area contributed by atoms with Crippen molar-refractivity contribution in [2.45, 2.75) is 17.7 Å². The second-order valence-electron chi connectivity index (χ2n) is 3.12. The molecule has 0 radical (unpaired) electrons. The highest BCUT2D eigenvalue weighted by molar-refractivity contribution is 7.85. The van der Waals surface area contributed by atoms with Gasteiger partial charge in [0.1, 0.15) is 5.82 Å². The highest BCUT2D eigenvalue weighted by atomic mass is 35.5. The lowest BCUT2D eigenvalue weighted by Crippen LogP contribution is -2.03. The zero-order valence-electron chi connectivity index (χ0n) is 8.21. The van der Waals surface area contributed by atoms with Crippen molar-refractivity contribution in [2.75, 3.05) is 12.3 Å². The lowest BCUT2D eigenvalue weighted by Gasteiger charge is -2.02. The molecule has 0 aliphatic carbocycles. The average Bonchev–Trinajstić information content (AvgIpc) is 2.22. The van der Waals surface area contributed by atoms with Gasteiger partial charge >= 0.3 is 0 Å². The molecule has 15 heavy (non-hydrogen) atoms. The van der Waals surface area contributed by atoms with Gasteiger partial charge in [-0.1, -0.05) is 11.6 Å². The zero-order valence-corrected chi connectivity index (χ0v) is 9.78. The van der Waals surface area contributed by atoms with Crippen molar-refractivity contribution in [1.29, 1.82) is 0 Å². The summed E-state index contributed by atoms with van der Waals surface area (Å²) in [5.41, 5.74) is 5.33. The third kappa shape index (κ3) is 3.89. The highest BCUT2D eigenvalue weighted by Crippen LogP contribution is 2.18. The second-order valence-corrected chi connectivity index (χ2v) is 5.10. The van der Waals surface area contributed by atoms with Gasteiger partial charge in [-0.05, 0) is 37.6 Å². The van der Waals surface area contributed by atoms with E-state index in [2.05, 4.69) is 0 Å².